The second-order valence-electron chi connectivity index (χ2n) is 5.41. The molecule has 1 aromatic heterocycles. The Kier molecular flexibility index (Phi) is 2.79. The molecule has 2 aliphatic carbocycles. The molecule has 0 bridgehead atoms. The van der Waals surface area contributed by atoms with E-state index in [0.29, 0.717) is 0 Å². The predicted octanol–water partition coefficient (Wildman–Crippen LogP) is 2.24. The Balaban J connectivity index is 1.68. The zero-order valence-corrected chi connectivity index (χ0v) is 10.7. The summed E-state index contributed by atoms with van der Waals surface area (Å²) < 4.78 is 0. The Bertz CT molecular complexity index is 408. The summed E-state index contributed by atoms with van der Waals surface area (Å²) in [6.07, 6.45) is 5.33. The molecule has 3 heteroatoms. The first kappa shape index (κ1) is 11.0. The van der Waals surface area contributed by atoms with Crippen LogP contribution in [-0.2, 0) is 6.54 Å². The van der Waals surface area contributed by atoms with Crippen LogP contribution < -0.4 is 10.2 Å². The van der Waals surface area contributed by atoms with Crippen molar-refractivity contribution in [1.29, 1.82) is 0 Å². The molecule has 0 unspecified atom stereocenters. The summed E-state index contributed by atoms with van der Waals surface area (Å²) in [6, 6.07) is 5.89. The lowest BCUT2D eigenvalue weighted by molar-refractivity contribution is 0.682. The van der Waals surface area contributed by atoms with Gasteiger partial charge in [0.05, 0.1) is 0 Å². The van der Waals surface area contributed by atoms with Gasteiger partial charge < -0.3 is 10.2 Å². The van der Waals surface area contributed by atoms with Crippen LogP contribution in [0.2, 0.25) is 0 Å². The van der Waals surface area contributed by atoms with Crippen LogP contribution in [0.1, 0.15) is 36.9 Å². The first-order valence-corrected chi connectivity index (χ1v) is 6.67. The summed E-state index contributed by atoms with van der Waals surface area (Å²) in [4.78, 5) is 7.03. The summed E-state index contributed by atoms with van der Waals surface area (Å²) in [5.41, 5.74) is 2.51. The Morgan fingerprint density at radius 2 is 2.06 bits per heavy atom. The van der Waals surface area contributed by atoms with Crippen LogP contribution in [0.25, 0.3) is 0 Å². The minimum atomic E-state index is 0.734. The highest BCUT2D eigenvalue weighted by molar-refractivity contribution is 5.43. The number of nitrogens with zero attached hydrogens (tertiary/aromatic N) is 2. The van der Waals surface area contributed by atoms with E-state index in [0.717, 1.165) is 24.4 Å². The van der Waals surface area contributed by atoms with Crippen molar-refractivity contribution in [3.63, 3.8) is 0 Å². The number of hydrogen-bond donors (Lipinski definition) is 1. The summed E-state index contributed by atoms with van der Waals surface area (Å²) >= 11 is 0. The maximum absolute atomic E-state index is 4.72. The molecule has 92 valence electrons. The van der Waals surface area contributed by atoms with E-state index >= 15 is 0 Å². The number of aryl methyl sites for hydroxylation is 1. The highest BCUT2D eigenvalue weighted by Gasteiger charge is 2.27. The van der Waals surface area contributed by atoms with Gasteiger partial charge in [-0.05, 0) is 44.2 Å². The van der Waals surface area contributed by atoms with Crippen molar-refractivity contribution in [2.45, 2.75) is 51.2 Å². The first-order valence-electron chi connectivity index (χ1n) is 6.67. The summed E-state index contributed by atoms with van der Waals surface area (Å²) in [7, 11) is 2.15. The fourth-order valence-electron chi connectivity index (χ4n) is 2.15. The summed E-state index contributed by atoms with van der Waals surface area (Å²) in [5, 5.41) is 3.54. The van der Waals surface area contributed by atoms with Crippen LogP contribution >= 0.6 is 0 Å². The third-order valence-electron chi connectivity index (χ3n) is 3.80. The maximum Gasteiger partial charge on any atom is 0.128 e. The van der Waals surface area contributed by atoms with Crippen LogP contribution in [-0.4, -0.2) is 24.1 Å². The molecule has 0 saturated heterocycles. The molecular weight excluding hydrogens is 210 g/mol. The van der Waals surface area contributed by atoms with Crippen molar-refractivity contribution in [2.24, 2.45) is 0 Å². The monoisotopic (exact) mass is 231 g/mol. The smallest absolute Gasteiger partial charge is 0.128 e. The Morgan fingerprint density at radius 1 is 1.29 bits per heavy atom. The lowest BCUT2D eigenvalue weighted by atomic mass is 10.2. The van der Waals surface area contributed by atoms with E-state index in [-0.39, 0.29) is 0 Å². The second-order valence-corrected chi connectivity index (χ2v) is 5.41. The van der Waals surface area contributed by atoms with E-state index in [1.165, 1.54) is 36.9 Å². The van der Waals surface area contributed by atoms with Crippen LogP contribution in [0.3, 0.4) is 0 Å². The third kappa shape index (κ3) is 2.60. The number of rotatable bonds is 5. The van der Waals surface area contributed by atoms with Crippen LogP contribution in [0, 0.1) is 6.92 Å². The molecule has 2 fully saturated rings. The molecular formula is C14H21N3. The molecule has 0 radical (unpaired) electrons. The van der Waals surface area contributed by atoms with Crippen LogP contribution in [0.4, 0.5) is 5.82 Å². The fraction of sp³-hybridized carbons (Fsp3) is 0.643. The number of nitrogens with one attached hydrogen (secondary N) is 1. The van der Waals surface area contributed by atoms with E-state index < -0.39 is 0 Å². The van der Waals surface area contributed by atoms with E-state index in [2.05, 4.69) is 36.3 Å². The molecule has 1 heterocycles. The molecule has 0 amide bonds. The molecule has 2 aliphatic rings. The number of anilines is 1. The lowest BCUT2D eigenvalue weighted by Crippen LogP contribution is -2.22. The van der Waals surface area contributed by atoms with E-state index in [9.17, 15) is 0 Å². The Labute approximate surface area is 103 Å². The Morgan fingerprint density at radius 3 is 2.65 bits per heavy atom. The van der Waals surface area contributed by atoms with Crippen molar-refractivity contribution >= 4 is 5.82 Å². The molecule has 17 heavy (non-hydrogen) atoms. The van der Waals surface area contributed by atoms with Crippen molar-refractivity contribution < 1.29 is 0 Å². The van der Waals surface area contributed by atoms with Crippen molar-refractivity contribution in [3.05, 3.63) is 23.4 Å². The van der Waals surface area contributed by atoms with E-state index in [4.69, 9.17) is 4.98 Å². The lowest BCUT2D eigenvalue weighted by Gasteiger charge is -2.18. The number of hydrogen-bond acceptors (Lipinski definition) is 3. The van der Waals surface area contributed by atoms with Gasteiger partial charge in [0.25, 0.3) is 0 Å². The number of aromatic nitrogens is 1. The zero-order chi connectivity index (χ0) is 11.8. The van der Waals surface area contributed by atoms with E-state index in [1.54, 1.807) is 0 Å². The molecule has 2 saturated carbocycles. The largest absolute Gasteiger partial charge is 0.357 e. The van der Waals surface area contributed by atoms with Gasteiger partial charge in [-0.15, -0.1) is 0 Å². The Hall–Kier alpha value is -1.09. The van der Waals surface area contributed by atoms with Gasteiger partial charge in [0.15, 0.2) is 0 Å². The van der Waals surface area contributed by atoms with Crippen molar-refractivity contribution in [2.75, 3.05) is 11.9 Å². The number of pyridine rings is 1. The normalized spacial score (nSPS) is 19.4. The zero-order valence-electron chi connectivity index (χ0n) is 10.7. The minimum Gasteiger partial charge on any atom is -0.357 e. The third-order valence-corrected chi connectivity index (χ3v) is 3.80. The maximum atomic E-state index is 4.72. The minimum absolute atomic E-state index is 0.734. The molecule has 0 atom stereocenters. The molecule has 0 spiro atoms. The summed E-state index contributed by atoms with van der Waals surface area (Å²) in [6.45, 7) is 3.09. The molecule has 1 aromatic rings. The highest BCUT2D eigenvalue weighted by Crippen LogP contribution is 2.29. The molecule has 0 aromatic carbocycles. The first-order chi connectivity index (χ1) is 8.24. The standard InChI is InChI=1S/C14H21N3/c1-10-11(9-15-12-4-5-12)3-8-14(16-10)17(2)13-6-7-13/h3,8,12-13,15H,4-7,9H2,1-2H3. The quantitative estimate of drug-likeness (QED) is 0.842. The van der Waals surface area contributed by atoms with Gasteiger partial charge in [0.2, 0.25) is 0 Å². The van der Waals surface area contributed by atoms with Gasteiger partial charge in [-0.1, -0.05) is 6.07 Å². The topological polar surface area (TPSA) is 28.2 Å². The van der Waals surface area contributed by atoms with Crippen LogP contribution in [0.15, 0.2) is 12.1 Å². The molecule has 3 nitrogen and oxygen atoms in total. The fourth-order valence-corrected chi connectivity index (χ4v) is 2.15. The SMILES string of the molecule is Cc1nc(N(C)C2CC2)ccc1CNC1CC1. The van der Waals surface area contributed by atoms with Gasteiger partial charge >= 0.3 is 0 Å². The molecule has 0 aliphatic heterocycles. The van der Waals surface area contributed by atoms with Crippen molar-refractivity contribution in [3.8, 4) is 0 Å². The van der Waals surface area contributed by atoms with Crippen molar-refractivity contribution in [1.82, 2.24) is 10.3 Å². The molecule has 1 N–H and O–H groups in total. The van der Waals surface area contributed by atoms with Crippen LogP contribution in [0.5, 0.6) is 0 Å². The highest BCUT2D eigenvalue weighted by atomic mass is 15.2. The average molecular weight is 231 g/mol. The van der Waals surface area contributed by atoms with Gasteiger partial charge in [-0.25, -0.2) is 4.98 Å². The van der Waals surface area contributed by atoms with Gasteiger partial charge in [0.1, 0.15) is 5.82 Å². The van der Waals surface area contributed by atoms with Gasteiger partial charge in [-0.3, -0.25) is 0 Å². The molecule has 3 rings (SSSR count). The van der Waals surface area contributed by atoms with Gasteiger partial charge in [-0.2, -0.15) is 0 Å². The average Bonchev–Trinajstić information content (AvgIpc) is 3.16. The predicted molar refractivity (Wildman–Crippen MR) is 70.3 cm³/mol. The summed E-state index contributed by atoms with van der Waals surface area (Å²) in [5.74, 6) is 1.13. The second kappa shape index (κ2) is 4.30. The van der Waals surface area contributed by atoms with Gasteiger partial charge in [0, 0.05) is 31.4 Å². The van der Waals surface area contributed by atoms with E-state index in [1.807, 2.05) is 0 Å².